The summed E-state index contributed by atoms with van der Waals surface area (Å²) in [7, 11) is 0. The van der Waals surface area contributed by atoms with Crippen LogP contribution in [0.15, 0.2) is 42.9 Å². The van der Waals surface area contributed by atoms with Crippen molar-refractivity contribution in [2.45, 2.75) is 0 Å². The second kappa shape index (κ2) is 5.12. The lowest BCUT2D eigenvalue weighted by atomic mass is 10.1. The number of hydrogen-bond donors (Lipinski definition) is 1. The average Bonchev–Trinajstić information content (AvgIpc) is 3.09. The van der Waals surface area contributed by atoms with Gasteiger partial charge in [0.05, 0.1) is 16.2 Å². The van der Waals surface area contributed by atoms with Crippen molar-refractivity contribution >= 4 is 22.5 Å². The number of aromatic amines is 1. The van der Waals surface area contributed by atoms with Crippen LogP contribution in [-0.4, -0.2) is 35.6 Å². The van der Waals surface area contributed by atoms with Gasteiger partial charge in [0.25, 0.3) is 0 Å². The molecule has 0 unspecified atom stereocenters. The number of benzene rings is 1. The summed E-state index contributed by atoms with van der Waals surface area (Å²) in [4.78, 5) is 12.7. The number of nitrogens with zero attached hydrogens (tertiary/aromatic N) is 6. The third-order valence-corrected chi connectivity index (χ3v) is 3.48. The van der Waals surface area contributed by atoms with Crippen molar-refractivity contribution in [2.24, 2.45) is 0 Å². The van der Waals surface area contributed by atoms with Crippen LogP contribution in [0.4, 0.5) is 0 Å². The Labute approximate surface area is 129 Å². The predicted molar refractivity (Wildman–Crippen MR) is 81.0 cm³/mol. The molecule has 4 rings (SSSR count). The number of tetrazole rings is 1. The molecule has 0 radical (unpaired) electrons. The number of rotatable bonds is 2. The van der Waals surface area contributed by atoms with Crippen molar-refractivity contribution in [3.05, 3.63) is 47.9 Å². The topological polar surface area (TPSA) is 93.1 Å². The molecule has 8 heteroatoms. The third-order valence-electron chi connectivity index (χ3n) is 3.20. The van der Waals surface area contributed by atoms with E-state index in [1.807, 2.05) is 24.3 Å². The minimum atomic E-state index is 0.414. The summed E-state index contributed by atoms with van der Waals surface area (Å²) < 4.78 is 0. The molecule has 0 saturated heterocycles. The number of hydrogen-bond acceptors (Lipinski definition) is 6. The summed E-state index contributed by atoms with van der Waals surface area (Å²) in [5, 5.41) is 15.3. The van der Waals surface area contributed by atoms with E-state index in [2.05, 4.69) is 35.6 Å². The smallest absolute Gasteiger partial charge is 0.223 e. The summed E-state index contributed by atoms with van der Waals surface area (Å²) in [5.74, 6) is 0.414. The van der Waals surface area contributed by atoms with Crippen molar-refractivity contribution in [1.29, 1.82) is 0 Å². The van der Waals surface area contributed by atoms with Crippen molar-refractivity contribution in [3.63, 3.8) is 0 Å². The normalized spacial score (nSPS) is 11.0. The molecule has 3 heterocycles. The fourth-order valence-corrected chi connectivity index (χ4v) is 2.48. The van der Waals surface area contributed by atoms with Gasteiger partial charge in [-0.1, -0.05) is 17.7 Å². The van der Waals surface area contributed by atoms with Gasteiger partial charge in [0.1, 0.15) is 12.0 Å². The molecule has 1 N–H and O–H groups in total. The van der Waals surface area contributed by atoms with Crippen LogP contribution in [0, 0.1) is 0 Å². The zero-order chi connectivity index (χ0) is 14.9. The lowest BCUT2D eigenvalue weighted by Crippen LogP contribution is -1.91. The van der Waals surface area contributed by atoms with Gasteiger partial charge in [-0.25, -0.2) is 9.97 Å². The highest BCUT2D eigenvalue weighted by atomic mass is 35.5. The molecular formula is C14H8ClN7. The Kier molecular flexibility index (Phi) is 2.97. The number of H-pyrrole nitrogens is 1. The van der Waals surface area contributed by atoms with Crippen LogP contribution in [-0.2, 0) is 0 Å². The maximum Gasteiger partial charge on any atom is 0.223 e. The first-order chi connectivity index (χ1) is 10.8. The summed E-state index contributed by atoms with van der Waals surface area (Å²) in [6.07, 6.45) is 3.18. The second-order valence-electron chi connectivity index (χ2n) is 4.56. The molecule has 0 atom stereocenters. The molecule has 0 saturated carbocycles. The van der Waals surface area contributed by atoms with Crippen LogP contribution in [0.2, 0.25) is 5.02 Å². The summed E-state index contributed by atoms with van der Waals surface area (Å²) in [6.45, 7) is 0. The molecule has 0 spiro atoms. The molecule has 0 fully saturated rings. The van der Waals surface area contributed by atoms with Gasteiger partial charge in [0.15, 0.2) is 0 Å². The zero-order valence-corrected chi connectivity index (χ0v) is 11.9. The quantitative estimate of drug-likeness (QED) is 0.611. The highest BCUT2D eigenvalue weighted by Crippen LogP contribution is 2.29. The van der Waals surface area contributed by atoms with Crippen molar-refractivity contribution in [1.82, 2.24) is 35.6 Å². The van der Waals surface area contributed by atoms with Crippen LogP contribution in [0.1, 0.15) is 0 Å². The summed E-state index contributed by atoms with van der Waals surface area (Å²) in [6, 6.07) is 9.43. The van der Waals surface area contributed by atoms with Crippen molar-refractivity contribution in [2.75, 3.05) is 0 Å². The average molecular weight is 310 g/mol. The number of nitrogens with one attached hydrogen (secondary N) is 1. The maximum atomic E-state index is 6.31. The van der Waals surface area contributed by atoms with Crippen molar-refractivity contribution in [3.8, 4) is 22.8 Å². The third kappa shape index (κ3) is 2.17. The standard InChI is InChI=1S/C14H8ClN7/c15-10-5-9(4-8-2-1-3-16-13(8)10)11-6-12(18-7-17-11)14-19-21-22-20-14/h1-7H,(H,19,20,21,22). The largest absolute Gasteiger partial charge is 0.255 e. The van der Waals surface area contributed by atoms with Gasteiger partial charge in [-0.2, -0.15) is 5.21 Å². The van der Waals surface area contributed by atoms with E-state index >= 15 is 0 Å². The summed E-state index contributed by atoms with van der Waals surface area (Å²) in [5.41, 5.74) is 2.95. The zero-order valence-electron chi connectivity index (χ0n) is 11.1. The van der Waals surface area contributed by atoms with Gasteiger partial charge in [0, 0.05) is 17.1 Å². The number of fused-ring (bicyclic) bond motifs is 1. The molecule has 0 bridgehead atoms. The van der Waals surface area contributed by atoms with Crippen LogP contribution >= 0.6 is 11.6 Å². The van der Waals surface area contributed by atoms with Gasteiger partial charge in [-0.3, -0.25) is 4.98 Å². The van der Waals surface area contributed by atoms with E-state index in [0.717, 1.165) is 22.2 Å². The molecule has 106 valence electrons. The molecular weight excluding hydrogens is 302 g/mol. The van der Waals surface area contributed by atoms with Crippen LogP contribution < -0.4 is 0 Å². The molecule has 0 amide bonds. The van der Waals surface area contributed by atoms with E-state index in [0.29, 0.717) is 16.5 Å². The van der Waals surface area contributed by atoms with Gasteiger partial charge in [-0.05, 0) is 29.5 Å². The first-order valence-electron chi connectivity index (χ1n) is 6.42. The van der Waals surface area contributed by atoms with E-state index in [4.69, 9.17) is 11.6 Å². The Balaban J connectivity index is 1.87. The Morgan fingerprint density at radius 2 is 1.91 bits per heavy atom. The molecule has 22 heavy (non-hydrogen) atoms. The Morgan fingerprint density at radius 1 is 1.00 bits per heavy atom. The molecule has 0 aliphatic rings. The Morgan fingerprint density at radius 3 is 2.77 bits per heavy atom. The molecule has 1 aromatic carbocycles. The highest BCUT2D eigenvalue weighted by Gasteiger charge is 2.10. The predicted octanol–water partition coefficient (Wildman–Crippen LogP) is 2.53. The lowest BCUT2D eigenvalue weighted by Gasteiger charge is -2.05. The van der Waals surface area contributed by atoms with Gasteiger partial charge in [0.2, 0.25) is 5.82 Å². The second-order valence-corrected chi connectivity index (χ2v) is 4.96. The fraction of sp³-hybridized carbons (Fsp3) is 0. The van der Waals surface area contributed by atoms with E-state index in [9.17, 15) is 0 Å². The van der Waals surface area contributed by atoms with E-state index in [-0.39, 0.29) is 0 Å². The molecule has 7 nitrogen and oxygen atoms in total. The number of pyridine rings is 1. The highest BCUT2D eigenvalue weighted by molar-refractivity contribution is 6.35. The van der Waals surface area contributed by atoms with E-state index in [1.54, 1.807) is 12.3 Å². The van der Waals surface area contributed by atoms with Gasteiger partial charge < -0.3 is 0 Å². The van der Waals surface area contributed by atoms with Gasteiger partial charge in [-0.15, -0.1) is 10.2 Å². The Hall–Kier alpha value is -2.93. The molecule has 4 aromatic rings. The first-order valence-corrected chi connectivity index (χ1v) is 6.79. The minimum Gasteiger partial charge on any atom is -0.255 e. The van der Waals surface area contributed by atoms with E-state index in [1.165, 1.54) is 6.33 Å². The monoisotopic (exact) mass is 309 g/mol. The number of aromatic nitrogens is 7. The maximum absolute atomic E-state index is 6.31. The summed E-state index contributed by atoms with van der Waals surface area (Å²) >= 11 is 6.31. The van der Waals surface area contributed by atoms with Crippen LogP contribution in [0.25, 0.3) is 33.7 Å². The Bertz CT molecular complexity index is 952. The van der Waals surface area contributed by atoms with Crippen molar-refractivity contribution < 1.29 is 0 Å². The van der Waals surface area contributed by atoms with Crippen LogP contribution in [0.5, 0.6) is 0 Å². The fourth-order valence-electron chi connectivity index (χ4n) is 2.20. The molecule has 3 aromatic heterocycles. The first kappa shape index (κ1) is 12.8. The SMILES string of the molecule is Clc1cc(-c2cc(-c3nn[nH]n3)ncn2)cc2cccnc12. The van der Waals surface area contributed by atoms with Crippen LogP contribution in [0.3, 0.4) is 0 Å². The lowest BCUT2D eigenvalue weighted by molar-refractivity contribution is 0.881. The van der Waals surface area contributed by atoms with Gasteiger partial charge >= 0.3 is 0 Å². The molecule has 0 aliphatic heterocycles. The van der Waals surface area contributed by atoms with E-state index < -0.39 is 0 Å². The minimum absolute atomic E-state index is 0.414. The number of halogens is 1. The molecule has 0 aliphatic carbocycles.